The molecule has 2 aromatic heterocycles. The second kappa shape index (κ2) is 10.8. The van der Waals surface area contributed by atoms with Gasteiger partial charge in [-0.25, -0.2) is 9.37 Å². The highest BCUT2D eigenvalue weighted by Crippen LogP contribution is 2.30. The molecule has 0 amide bonds. The molecule has 0 fully saturated rings. The van der Waals surface area contributed by atoms with Crippen LogP contribution in [-0.2, 0) is 19.2 Å². The predicted octanol–water partition coefficient (Wildman–Crippen LogP) is 6.28. The Balaban J connectivity index is 1.26. The van der Waals surface area contributed by atoms with Gasteiger partial charge >= 0.3 is 6.18 Å². The van der Waals surface area contributed by atoms with Gasteiger partial charge in [0.2, 0.25) is 5.89 Å². The van der Waals surface area contributed by atoms with Crippen molar-refractivity contribution in [3.8, 4) is 5.75 Å². The van der Waals surface area contributed by atoms with E-state index in [2.05, 4.69) is 15.2 Å². The minimum absolute atomic E-state index is 0.0108. The molecular weight excluding hydrogens is 464 g/mol. The number of hydrogen-bond acceptors (Lipinski definition) is 5. The molecule has 0 aliphatic rings. The van der Waals surface area contributed by atoms with Crippen molar-refractivity contribution in [3.63, 3.8) is 0 Å². The van der Waals surface area contributed by atoms with Gasteiger partial charge in [0.1, 0.15) is 42.8 Å². The Labute approximate surface area is 198 Å². The molecule has 0 spiro atoms. The summed E-state index contributed by atoms with van der Waals surface area (Å²) in [6.45, 7) is 0.160. The maximum absolute atomic E-state index is 13.9. The van der Waals surface area contributed by atoms with Crippen LogP contribution in [0.5, 0.6) is 5.75 Å². The lowest BCUT2D eigenvalue weighted by molar-refractivity contribution is -0.137. The molecule has 0 atom stereocenters. The average molecular weight is 484 g/mol. The first-order chi connectivity index (χ1) is 16.9. The van der Waals surface area contributed by atoms with Gasteiger partial charge in [-0.3, -0.25) is 4.57 Å². The molecule has 0 aliphatic heterocycles. The van der Waals surface area contributed by atoms with E-state index in [4.69, 9.17) is 9.15 Å². The van der Waals surface area contributed by atoms with E-state index >= 15 is 0 Å². The van der Waals surface area contributed by atoms with Crippen LogP contribution in [0.15, 0.2) is 71.9 Å². The zero-order valence-corrected chi connectivity index (χ0v) is 18.3. The number of aromatic nitrogens is 4. The quantitative estimate of drug-likeness (QED) is 0.262. The predicted molar refractivity (Wildman–Crippen MR) is 121 cm³/mol. The molecule has 2 heterocycles. The number of ether oxygens (including phenoxy) is 1. The SMILES string of the molecule is Fc1cc(C(F)(F)F)ccc1/C=C/c1nc(COc2ccc(CC/C=C/n3cnnc3)cc2)co1. The molecule has 0 bridgehead atoms. The standard InChI is InChI=1S/C25H20F4N4O2/c26-23-13-20(25(27,28)29)8-6-19(23)7-11-24-32-21(15-35-24)14-34-22-9-4-18(5-10-22)3-1-2-12-33-16-30-31-17-33/h2,4-13,15-17H,1,3,14H2/b11-7+,12-2+. The number of rotatable bonds is 9. The van der Waals surface area contributed by atoms with Crippen molar-refractivity contribution in [1.29, 1.82) is 0 Å². The molecule has 0 unspecified atom stereocenters. The molecule has 0 N–H and O–H groups in total. The molecule has 4 aromatic rings. The summed E-state index contributed by atoms with van der Waals surface area (Å²) in [6, 6.07) is 10.0. The summed E-state index contributed by atoms with van der Waals surface area (Å²) in [4.78, 5) is 4.22. The summed E-state index contributed by atoms with van der Waals surface area (Å²) in [5, 5.41) is 7.47. The first-order valence-corrected chi connectivity index (χ1v) is 10.6. The highest BCUT2D eigenvalue weighted by molar-refractivity contribution is 5.66. The van der Waals surface area contributed by atoms with E-state index in [1.54, 1.807) is 17.2 Å². The van der Waals surface area contributed by atoms with Crippen LogP contribution in [0.4, 0.5) is 17.6 Å². The van der Waals surface area contributed by atoms with E-state index in [0.717, 1.165) is 30.5 Å². The molecule has 4 rings (SSSR count). The van der Waals surface area contributed by atoms with Crippen molar-refractivity contribution in [2.24, 2.45) is 0 Å². The molecule has 10 heteroatoms. The fourth-order valence-electron chi connectivity index (χ4n) is 3.11. The number of alkyl halides is 3. The summed E-state index contributed by atoms with van der Waals surface area (Å²) < 4.78 is 64.7. The van der Waals surface area contributed by atoms with Crippen LogP contribution < -0.4 is 4.74 Å². The van der Waals surface area contributed by atoms with E-state index in [0.29, 0.717) is 17.5 Å². The van der Waals surface area contributed by atoms with Crippen LogP contribution in [-0.4, -0.2) is 19.7 Å². The molecular formula is C25H20F4N4O2. The van der Waals surface area contributed by atoms with Crippen molar-refractivity contribution in [1.82, 2.24) is 19.7 Å². The van der Waals surface area contributed by atoms with Crippen LogP contribution in [0.2, 0.25) is 0 Å². The van der Waals surface area contributed by atoms with Gasteiger partial charge in [0.25, 0.3) is 0 Å². The molecule has 180 valence electrons. The number of benzene rings is 2. The smallest absolute Gasteiger partial charge is 0.416 e. The Kier molecular flexibility index (Phi) is 7.39. The highest BCUT2D eigenvalue weighted by atomic mass is 19.4. The molecule has 0 aliphatic carbocycles. The Bertz CT molecular complexity index is 1290. The molecule has 2 aromatic carbocycles. The lowest BCUT2D eigenvalue weighted by Crippen LogP contribution is -2.05. The molecule has 0 saturated carbocycles. The minimum atomic E-state index is -4.60. The van der Waals surface area contributed by atoms with E-state index < -0.39 is 17.6 Å². The lowest BCUT2D eigenvalue weighted by Gasteiger charge is -2.07. The largest absolute Gasteiger partial charge is 0.487 e. The fraction of sp³-hybridized carbons (Fsp3) is 0.160. The molecule has 0 saturated heterocycles. The molecule has 0 radical (unpaired) electrons. The summed E-state index contributed by atoms with van der Waals surface area (Å²) in [7, 11) is 0. The third kappa shape index (κ3) is 6.89. The van der Waals surface area contributed by atoms with Gasteiger partial charge < -0.3 is 9.15 Å². The monoisotopic (exact) mass is 484 g/mol. The fourth-order valence-corrected chi connectivity index (χ4v) is 3.11. The maximum Gasteiger partial charge on any atom is 0.416 e. The van der Waals surface area contributed by atoms with Crippen LogP contribution in [0, 0.1) is 5.82 Å². The van der Waals surface area contributed by atoms with E-state index in [9.17, 15) is 17.6 Å². The van der Waals surface area contributed by atoms with Crippen LogP contribution >= 0.6 is 0 Å². The molecule has 35 heavy (non-hydrogen) atoms. The number of nitrogens with zero attached hydrogens (tertiary/aromatic N) is 4. The van der Waals surface area contributed by atoms with Crippen molar-refractivity contribution < 1.29 is 26.7 Å². The van der Waals surface area contributed by atoms with Crippen molar-refractivity contribution in [3.05, 3.63) is 102 Å². The third-order valence-electron chi connectivity index (χ3n) is 4.93. The average Bonchev–Trinajstić information content (AvgIpc) is 3.52. The second-order valence-electron chi connectivity index (χ2n) is 7.51. The van der Waals surface area contributed by atoms with Gasteiger partial charge in [0, 0.05) is 17.8 Å². The van der Waals surface area contributed by atoms with Crippen LogP contribution in [0.1, 0.15) is 34.7 Å². The first kappa shape index (κ1) is 23.9. The summed E-state index contributed by atoms with van der Waals surface area (Å²) in [5.41, 5.74) is 0.620. The number of halogens is 4. The lowest BCUT2D eigenvalue weighted by atomic mass is 10.1. The van der Waals surface area contributed by atoms with E-state index in [1.807, 2.05) is 36.5 Å². The Morgan fingerprint density at radius 2 is 1.77 bits per heavy atom. The molecule has 6 nitrogen and oxygen atoms in total. The highest BCUT2D eigenvalue weighted by Gasteiger charge is 2.30. The van der Waals surface area contributed by atoms with Crippen LogP contribution in [0.25, 0.3) is 18.4 Å². The number of oxazole rings is 1. The second-order valence-corrected chi connectivity index (χ2v) is 7.51. The Hall–Kier alpha value is -4.21. The Morgan fingerprint density at radius 3 is 2.49 bits per heavy atom. The Morgan fingerprint density at radius 1 is 1.00 bits per heavy atom. The summed E-state index contributed by atoms with van der Waals surface area (Å²) >= 11 is 0. The van der Waals surface area contributed by atoms with Gasteiger partial charge in [-0.15, -0.1) is 10.2 Å². The van der Waals surface area contributed by atoms with Crippen molar-refractivity contribution in [2.45, 2.75) is 25.6 Å². The summed E-state index contributed by atoms with van der Waals surface area (Å²) in [5.74, 6) is -0.139. The first-order valence-electron chi connectivity index (χ1n) is 10.6. The van der Waals surface area contributed by atoms with Gasteiger partial charge in [-0.2, -0.15) is 13.2 Å². The number of allylic oxidation sites excluding steroid dienone is 1. The van der Waals surface area contributed by atoms with Crippen molar-refractivity contribution >= 4 is 18.4 Å². The minimum Gasteiger partial charge on any atom is -0.487 e. The van der Waals surface area contributed by atoms with Crippen molar-refractivity contribution in [2.75, 3.05) is 0 Å². The van der Waals surface area contributed by atoms with E-state index in [1.165, 1.54) is 18.4 Å². The normalized spacial score (nSPS) is 12.1. The van der Waals surface area contributed by atoms with Gasteiger partial charge in [-0.05, 0) is 48.7 Å². The van der Waals surface area contributed by atoms with Gasteiger partial charge in [-0.1, -0.05) is 24.3 Å². The van der Waals surface area contributed by atoms with E-state index in [-0.39, 0.29) is 18.1 Å². The zero-order valence-electron chi connectivity index (χ0n) is 18.3. The third-order valence-corrected chi connectivity index (χ3v) is 4.93. The topological polar surface area (TPSA) is 66.0 Å². The summed E-state index contributed by atoms with van der Waals surface area (Å²) in [6.07, 6.45) is 8.40. The number of hydrogen-bond donors (Lipinski definition) is 0. The van der Waals surface area contributed by atoms with Gasteiger partial charge in [0.15, 0.2) is 0 Å². The number of aryl methyl sites for hydroxylation is 1. The van der Waals surface area contributed by atoms with Gasteiger partial charge in [0.05, 0.1) is 5.56 Å². The zero-order chi connectivity index (χ0) is 24.7. The van der Waals surface area contributed by atoms with Crippen LogP contribution in [0.3, 0.4) is 0 Å². The maximum atomic E-state index is 13.9.